The predicted octanol–water partition coefficient (Wildman–Crippen LogP) is 2.98. The molecule has 0 fully saturated rings. The van der Waals surface area contributed by atoms with E-state index in [-0.39, 0.29) is 17.4 Å². The van der Waals surface area contributed by atoms with E-state index in [0.717, 1.165) is 16.1 Å². The third-order valence-electron chi connectivity index (χ3n) is 4.70. The summed E-state index contributed by atoms with van der Waals surface area (Å²) in [6, 6.07) is 15.9. The van der Waals surface area contributed by atoms with Crippen LogP contribution in [0.2, 0.25) is 5.02 Å². The zero-order valence-electron chi connectivity index (χ0n) is 15.9. The van der Waals surface area contributed by atoms with Gasteiger partial charge in [0, 0.05) is 24.2 Å². The summed E-state index contributed by atoms with van der Waals surface area (Å²) in [4.78, 5) is 12.6. The molecule has 0 bridgehead atoms. The first-order valence-corrected chi connectivity index (χ1v) is 10.9. The number of hydrogen-bond donors (Lipinski definition) is 1. The molecule has 2 aromatic carbocycles. The normalized spacial score (nSPS) is 16.4. The van der Waals surface area contributed by atoms with Crippen molar-refractivity contribution in [2.24, 2.45) is 12.1 Å². The fourth-order valence-electron chi connectivity index (χ4n) is 3.22. The summed E-state index contributed by atoms with van der Waals surface area (Å²) < 4.78 is 28.4. The molecule has 2 heterocycles. The van der Waals surface area contributed by atoms with Gasteiger partial charge in [-0.1, -0.05) is 54.1 Å². The summed E-state index contributed by atoms with van der Waals surface area (Å²) >= 11 is 6.00. The zero-order chi connectivity index (χ0) is 21.3. The molecule has 2 amide bonds. The maximum absolute atomic E-state index is 12.7. The minimum absolute atomic E-state index is 0.0981. The number of benzene rings is 2. The van der Waals surface area contributed by atoms with Gasteiger partial charge in [-0.3, -0.25) is 4.68 Å². The molecule has 0 aliphatic carbocycles. The van der Waals surface area contributed by atoms with Crippen molar-refractivity contribution in [2.75, 3.05) is 6.54 Å². The number of carbonyl (C=O) groups is 1. The van der Waals surface area contributed by atoms with Crippen LogP contribution >= 0.6 is 11.6 Å². The largest absolute Gasteiger partial charge is 0.351 e. The average Bonchev–Trinajstić information content (AvgIpc) is 3.36. The molecule has 1 aliphatic rings. The number of rotatable bonds is 4. The van der Waals surface area contributed by atoms with E-state index in [4.69, 9.17) is 11.6 Å². The molecule has 1 aromatic heterocycles. The topological polar surface area (TPSA) is 96.7 Å². The van der Waals surface area contributed by atoms with E-state index in [9.17, 15) is 13.2 Å². The first-order chi connectivity index (χ1) is 14.3. The molecule has 3 aromatic rings. The first-order valence-electron chi connectivity index (χ1n) is 9.06. The molecule has 154 valence electrons. The van der Waals surface area contributed by atoms with Gasteiger partial charge in [-0.2, -0.15) is 10.2 Å². The number of aryl methyl sites for hydroxylation is 1. The highest BCUT2D eigenvalue weighted by Gasteiger charge is 2.34. The number of sulfonamides is 1. The smallest absolute Gasteiger partial charge is 0.274 e. The highest BCUT2D eigenvalue weighted by molar-refractivity contribution is 7.90. The molecule has 8 nitrogen and oxygen atoms in total. The van der Waals surface area contributed by atoms with Crippen LogP contribution in [0.5, 0.6) is 0 Å². The van der Waals surface area contributed by atoms with Crippen LogP contribution in [0, 0.1) is 0 Å². The third-order valence-corrected chi connectivity index (χ3v) is 6.23. The molecule has 1 aliphatic heterocycles. The molecule has 0 spiro atoms. The van der Waals surface area contributed by atoms with Crippen LogP contribution in [0.25, 0.3) is 0 Å². The molecule has 10 heteroatoms. The Bertz CT molecular complexity index is 1210. The Kier molecular flexibility index (Phi) is 5.31. The molecule has 0 saturated carbocycles. The molecular weight excluding hydrogens is 426 g/mol. The molecule has 0 radical (unpaired) electrons. The summed E-state index contributed by atoms with van der Waals surface area (Å²) in [5, 5.41) is 9.99. The van der Waals surface area contributed by atoms with Crippen molar-refractivity contribution >= 4 is 33.4 Å². The Labute approximate surface area is 178 Å². The first kappa shape index (κ1) is 20.1. The predicted molar refractivity (Wildman–Crippen MR) is 113 cm³/mol. The molecule has 1 N–H and O–H groups in total. The second kappa shape index (κ2) is 7.92. The lowest BCUT2D eigenvalue weighted by atomic mass is 9.91. The van der Waals surface area contributed by atoms with Crippen LogP contribution in [-0.2, 0) is 17.1 Å². The van der Waals surface area contributed by atoms with Crippen molar-refractivity contribution in [2.45, 2.75) is 10.8 Å². The Morgan fingerprint density at radius 3 is 2.47 bits per heavy atom. The monoisotopic (exact) mass is 443 g/mol. The fourth-order valence-corrected chi connectivity index (χ4v) is 4.28. The molecule has 4 rings (SSSR count). The van der Waals surface area contributed by atoms with E-state index in [1.54, 1.807) is 19.2 Å². The van der Waals surface area contributed by atoms with E-state index in [2.05, 4.69) is 14.9 Å². The number of urea groups is 1. The number of halogens is 1. The van der Waals surface area contributed by atoms with Crippen LogP contribution in [-0.4, -0.2) is 41.5 Å². The van der Waals surface area contributed by atoms with E-state index >= 15 is 0 Å². The summed E-state index contributed by atoms with van der Waals surface area (Å²) in [7, 11) is -2.47. The summed E-state index contributed by atoms with van der Waals surface area (Å²) in [6.45, 7) is 0.205. The van der Waals surface area contributed by atoms with Crippen LogP contribution < -0.4 is 4.72 Å². The Morgan fingerprint density at radius 2 is 1.83 bits per heavy atom. The van der Waals surface area contributed by atoms with E-state index in [1.807, 2.05) is 42.5 Å². The van der Waals surface area contributed by atoms with Gasteiger partial charge in [0.05, 0.1) is 18.5 Å². The van der Waals surface area contributed by atoms with Gasteiger partial charge in [-0.15, -0.1) is 0 Å². The van der Waals surface area contributed by atoms with Crippen LogP contribution in [0.3, 0.4) is 0 Å². The zero-order valence-corrected chi connectivity index (χ0v) is 17.5. The van der Waals surface area contributed by atoms with Gasteiger partial charge in [0.2, 0.25) is 0 Å². The number of nitrogens with one attached hydrogen (secondary N) is 1. The summed E-state index contributed by atoms with van der Waals surface area (Å²) in [5.74, 6) is -0.209. The Hall–Kier alpha value is -3.17. The number of hydrogen-bond acceptors (Lipinski definition) is 5. The lowest BCUT2D eigenvalue weighted by molar-refractivity contribution is 0.210. The van der Waals surface area contributed by atoms with Crippen LogP contribution in [0.15, 0.2) is 77.0 Å². The molecule has 30 heavy (non-hydrogen) atoms. The number of amides is 2. The van der Waals surface area contributed by atoms with E-state index < -0.39 is 16.1 Å². The lowest BCUT2D eigenvalue weighted by Gasteiger charge is -2.15. The number of carbonyl (C=O) groups excluding carboxylic acids is 1. The quantitative estimate of drug-likeness (QED) is 0.670. The fraction of sp³-hybridized carbons (Fsp3) is 0.150. The summed E-state index contributed by atoms with van der Waals surface area (Å²) in [5.41, 5.74) is 2.43. The number of hydrazone groups is 1. The van der Waals surface area contributed by atoms with Crippen LogP contribution in [0.1, 0.15) is 17.0 Å². The molecule has 1 atom stereocenters. The summed E-state index contributed by atoms with van der Waals surface area (Å²) in [6.07, 6.45) is 2.49. The van der Waals surface area contributed by atoms with Gasteiger partial charge >= 0.3 is 6.03 Å². The van der Waals surface area contributed by atoms with E-state index in [0.29, 0.717) is 10.7 Å². The van der Waals surface area contributed by atoms with Gasteiger partial charge in [-0.25, -0.2) is 22.9 Å². The van der Waals surface area contributed by atoms with Gasteiger partial charge in [-0.05, 0) is 23.3 Å². The van der Waals surface area contributed by atoms with Crippen molar-refractivity contribution in [1.29, 1.82) is 0 Å². The van der Waals surface area contributed by atoms with Crippen molar-refractivity contribution in [3.8, 4) is 0 Å². The van der Waals surface area contributed by atoms with Crippen molar-refractivity contribution in [3.05, 3.63) is 83.1 Å². The standard InChI is InChI=1S/C20H18ClN5O3S/c1-25-12-17(11-22-25)30(28,29)24-20(27)26-13-18(14-5-3-2-4-6-14)19(23-26)15-7-9-16(21)10-8-15/h2-12,18H,13H2,1H3,(H,24,27). The van der Waals surface area contributed by atoms with Crippen LogP contribution in [0.4, 0.5) is 4.79 Å². The maximum atomic E-state index is 12.7. The number of aromatic nitrogens is 2. The van der Waals surface area contributed by atoms with Gasteiger partial charge in [0.1, 0.15) is 4.90 Å². The Balaban J connectivity index is 1.63. The highest BCUT2D eigenvalue weighted by atomic mass is 35.5. The SMILES string of the molecule is Cn1cc(S(=O)(=O)NC(=O)N2CC(c3ccccc3)C(c3ccc(Cl)cc3)=N2)cn1. The van der Waals surface area contributed by atoms with Gasteiger partial charge < -0.3 is 0 Å². The molecule has 0 saturated heterocycles. The second-order valence-corrected chi connectivity index (χ2v) is 8.92. The van der Waals surface area contributed by atoms with Crippen molar-refractivity contribution in [3.63, 3.8) is 0 Å². The highest BCUT2D eigenvalue weighted by Crippen LogP contribution is 2.29. The lowest BCUT2D eigenvalue weighted by Crippen LogP contribution is -2.39. The second-order valence-electron chi connectivity index (χ2n) is 6.80. The molecule has 1 unspecified atom stereocenters. The van der Waals surface area contributed by atoms with Gasteiger partial charge in [0.25, 0.3) is 10.0 Å². The number of nitrogens with zero attached hydrogens (tertiary/aromatic N) is 4. The average molecular weight is 444 g/mol. The molecular formula is C20H18ClN5O3S. The minimum Gasteiger partial charge on any atom is -0.274 e. The Morgan fingerprint density at radius 1 is 1.13 bits per heavy atom. The third kappa shape index (κ3) is 4.07. The van der Waals surface area contributed by atoms with Crippen molar-refractivity contribution < 1.29 is 13.2 Å². The van der Waals surface area contributed by atoms with E-state index in [1.165, 1.54) is 17.1 Å². The minimum atomic E-state index is -4.06. The maximum Gasteiger partial charge on any atom is 0.351 e. The van der Waals surface area contributed by atoms with Gasteiger partial charge in [0.15, 0.2) is 0 Å². The van der Waals surface area contributed by atoms with Crippen molar-refractivity contribution in [1.82, 2.24) is 19.5 Å².